The topological polar surface area (TPSA) is 72.8 Å². The quantitative estimate of drug-likeness (QED) is 0.103. The van der Waals surface area contributed by atoms with Crippen LogP contribution in [0, 0.1) is 35.3 Å². The first kappa shape index (κ1) is 35.8. The number of halogens is 2. The van der Waals surface area contributed by atoms with Gasteiger partial charge in [-0.3, -0.25) is 4.79 Å². The highest BCUT2D eigenvalue weighted by Gasteiger charge is 2.35. The number of unbranched alkanes of at least 4 members (excludes halogenated alkanes) is 2. The molecule has 42 heavy (non-hydrogen) atoms. The van der Waals surface area contributed by atoms with E-state index in [0.717, 1.165) is 57.8 Å². The molecular formula is C35H52F2O5. The summed E-state index contributed by atoms with van der Waals surface area (Å²) in [5.41, 5.74) is 1.75. The Morgan fingerprint density at radius 3 is 2.12 bits per heavy atom. The van der Waals surface area contributed by atoms with Gasteiger partial charge < -0.3 is 14.6 Å². The van der Waals surface area contributed by atoms with E-state index in [2.05, 4.69) is 20.1 Å². The predicted molar refractivity (Wildman–Crippen MR) is 163 cm³/mol. The maximum Gasteiger partial charge on any atom is 0.333 e. The zero-order valence-corrected chi connectivity index (χ0v) is 26.0. The van der Waals surface area contributed by atoms with Crippen molar-refractivity contribution in [2.24, 2.45) is 23.7 Å². The molecule has 1 N–H and O–H groups in total. The molecule has 2 aliphatic carbocycles. The van der Waals surface area contributed by atoms with E-state index in [1.54, 1.807) is 14.0 Å². The van der Waals surface area contributed by atoms with Crippen LogP contribution < -0.4 is 0 Å². The smallest absolute Gasteiger partial charge is 0.333 e. The fourth-order valence-electron chi connectivity index (χ4n) is 6.55. The zero-order valence-electron chi connectivity index (χ0n) is 26.0. The lowest BCUT2D eigenvalue weighted by Gasteiger charge is -2.39. The molecule has 7 heteroatoms. The molecule has 0 radical (unpaired) electrons. The van der Waals surface area contributed by atoms with Crippen LogP contribution in [0.1, 0.15) is 102 Å². The Kier molecular flexibility index (Phi) is 16.2. The number of aryl methyl sites for hydroxylation is 1. The summed E-state index contributed by atoms with van der Waals surface area (Å²) in [4.78, 5) is 21.3. The standard InChI is InChI=1S/C31H46F2O3.C4H6O2/c1-5-6-7-8-26-17-18-28(30(33)29(26)32)25-15-13-23(14-16-25)22-9-11-24(12-10-22)27(19-35-4)20-36-31(34)21(2)3;1-4(2-5)3-6/h17-18,22-25,27H,2,5-16,19-20H2,1,3-4H3;2,6H,1,3H2. The highest BCUT2D eigenvalue weighted by Crippen LogP contribution is 2.45. The van der Waals surface area contributed by atoms with Crippen LogP contribution in [0.2, 0.25) is 0 Å². The van der Waals surface area contributed by atoms with Crippen LogP contribution in [0.5, 0.6) is 0 Å². The molecule has 3 rings (SSSR count). The summed E-state index contributed by atoms with van der Waals surface area (Å²) in [5.74, 6) is 0.667. The third kappa shape index (κ3) is 11.0. The summed E-state index contributed by atoms with van der Waals surface area (Å²) in [5, 5.41) is 8.00. The van der Waals surface area contributed by atoms with Gasteiger partial charge >= 0.3 is 5.97 Å². The van der Waals surface area contributed by atoms with E-state index < -0.39 is 11.6 Å². The average molecular weight is 591 g/mol. The van der Waals surface area contributed by atoms with Gasteiger partial charge in [0.2, 0.25) is 0 Å². The van der Waals surface area contributed by atoms with Crippen LogP contribution in [-0.2, 0) is 25.5 Å². The van der Waals surface area contributed by atoms with Gasteiger partial charge in [-0.25, -0.2) is 13.6 Å². The van der Waals surface area contributed by atoms with Gasteiger partial charge in [0.15, 0.2) is 11.6 Å². The molecule has 236 valence electrons. The van der Waals surface area contributed by atoms with Crippen LogP contribution in [0.15, 0.2) is 36.4 Å². The maximum atomic E-state index is 14.9. The summed E-state index contributed by atoms with van der Waals surface area (Å²) in [6.45, 7) is 11.4. The van der Waals surface area contributed by atoms with Crippen LogP contribution in [0.4, 0.5) is 8.78 Å². The number of aliphatic hydroxyl groups excluding tert-OH is 1. The van der Waals surface area contributed by atoms with Crippen molar-refractivity contribution >= 4 is 12.3 Å². The van der Waals surface area contributed by atoms with E-state index in [1.807, 2.05) is 12.1 Å². The molecule has 0 amide bonds. The lowest BCUT2D eigenvalue weighted by atomic mass is 9.67. The summed E-state index contributed by atoms with van der Waals surface area (Å²) in [6.07, 6.45) is 12.9. The third-order valence-electron chi connectivity index (χ3n) is 9.13. The van der Waals surface area contributed by atoms with E-state index in [4.69, 9.17) is 14.6 Å². The van der Waals surface area contributed by atoms with Gasteiger partial charge in [0, 0.05) is 24.2 Å². The molecule has 2 aliphatic rings. The Morgan fingerprint density at radius 2 is 1.62 bits per heavy atom. The largest absolute Gasteiger partial charge is 0.462 e. The minimum atomic E-state index is -0.622. The molecule has 1 aromatic rings. The third-order valence-corrected chi connectivity index (χ3v) is 9.13. The molecule has 2 fully saturated rings. The number of esters is 1. The second-order valence-electron chi connectivity index (χ2n) is 12.2. The zero-order chi connectivity index (χ0) is 31.1. The number of carbonyl (C=O) groups excluding carboxylic acids is 2. The number of hydrogen-bond donors (Lipinski definition) is 1. The SMILES string of the molecule is C=C(C)C(=O)OCC(COC)C1CCC(C2CCC(c3ccc(CCCCC)c(F)c3F)CC2)CC1.C=C(C=O)CO. The minimum Gasteiger partial charge on any atom is -0.462 e. The van der Waals surface area contributed by atoms with Crippen LogP contribution in [-0.4, -0.2) is 44.3 Å². The molecule has 0 heterocycles. The van der Waals surface area contributed by atoms with Gasteiger partial charge in [0.25, 0.3) is 0 Å². The van der Waals surface area contributed by atoms with Gasteiger partial charge in [-0.05, 0) is 106 Å². The van der Waals surface area contributed by atoms with E-state index >= 15 is 0 Å². The van der Waals surface area contributed by atoms with Crippen molar-refractivity contribution < 1.29 is 33.0 Å². The Bertz CT molecular complexity index is 1010. The molecule has 1 unspecified atom stereocenters. The second kappa shape index (κ2) is 19.0. The fourth-order valence-corrected chi connectivity index (χ4v) is 6.55. The number of methoxy groups -OCH3 is 1. The van der Waals surface area contributed by atoms with Crippen LogP contribution in [0.25, 0.3) is 0 Å². The van der Waals surface area contributed by atoms with E-state index in [0.29, 0.717) is 60.4 Å². The van der Waals surface area contributed by atoms with Crippen molar-refractivity contribution in [3.63, 3.8) is 0 Å². The first-order valence-corrected chi connectivity index (χ1v) is 15.7. The molecule has 0 bridgehead atoms. The maximum absolute atomic E-state index is 14.9. The highest BCUT2D eigenvalue weighted by atomic mass is 19.2. The summed E-state index contributed by atoms with van der Waals surface area (Å²) < 4.78 is 40.5. The van der Waals surface area contributed by atoms with Gasteiger partial charge in [-0.1, -0.05) is 45.1 Å². The predicted octanol–water partition coefficient (Wildman–Crippen LogP) is 7.89. The Labute approximate surface area is 251 Å². The van der Waals surface area contributed by atoms with Gasteiger partial charge in [0.05, 0.1) is 19.8 Å². The number of benzene rings is 1. The van der Waals surface area contributed by atoms with Crippen LogP contribution >= 0.6 is 0 Å². The Balaban J connectivity index is 0.000000928. The van der Waals surface area contributed by atoms with Crippen molar-refractivity contribution in [2.45, 2.75) is 96.8 Å². The molecule has 5 nitrogen and oxygen atoms in total. The van der Waals surface area contributed by atoms with Gasteiger partial charge in [0.1, 0.15) is 6.29 Å². The monoisotopic (exact) mass is 590 g/mol. The van der Waals surface area contributed by atoms with E-state index in [1.165, 1.54) is 12.8 Å². The normalized spacial score (nSPS) is 22.8. The van der Waals surface area contributed by atoms with Crippen molar-refractivity contribution in [1.82, 2.24) is 0 Å². The molecule has 1 atom stereocenters. The molecule has 0 spiro atoms. The molecule has 2 saturated carbocycles. The molecule has 0 aliphatic heterocycles. The summed E-state index contributed by atoms with van der Waals surface area (Å²) in [7, 11) is 1.70. The fraction of sp³-hybridized carbons (Fsp3) is 0.657. The highest BCUT2D eigenvalue weighted by molar-refractivity contribution is 5.86. The molecule has 1 aromatic carbocycles. The lowest BCUT2D eigenvalue weighted by Crippen LogP contribution is -2.32. The van der Waals surface area contributed by atoms with E-state index in [9.17, 15) is 18.4 Å². The van der Waals surface area contributed by atoms with Crippen molar-refractivity contribution in [2.75, 3.05) is 26.9 Å². The van der Waals surface area contributed by atoms with Crippen molar-refractivity contribution in [1.29, 1.82) is 0 Å². The number of ether oxygens (including phenoxy) is 2. The second-order valence-corrected chi connectivity index (χ2v) is 12.2. The summed E-state index contributed by atoms with van der Waals surface area (Å²) in [6, 6.07) is 3.67. The lowest BCUT2D eigenvalue weighted by molar-refractivity contribution is -0.141. The van der Waals surface area contributed by atoms with Gasteiger partial charge in [-0.15, -0.1) is 0 Å². The molecular weight excluding hydrogens is 538 g/mol. The number of carbonyl (C=O) groups is 2. The Morgan fingerprint density at radius 1 is 1.00 bits per heavy atom. The van der Waals surface area contributed by atoms with Crippen molar-refractivity contribution in [3.8, 4) is 0 Å². The molecule has 0 aromatic heterocycles. The number of aliphatic hydroxyl groups is 1. The van der Waals surface area contributed by atoms with Gasteiger partial charge in [-0.2, -0.15) is 0 Å². The minimum absolute atomic E-state index is 0.130. The first-order chi connectivity index (χ1) is 20.2. The van der Waals surface area contributed by atoms with Crippen LogP contribution in [0.3, 0.4) is 0 Å². The molecule has 0 saturated heterocycles. The number of aldehydes is 1. The van der Waals surface area contributed by atoms with E-state index in [-0.39, 0.29) is 30.0 Å². The summed E-state index contributed by atoms with van der Waals surface area (Å²) >= 11 is 0. The number of rotatable bonds is 14. The average Bonchev–Trinajstić information content (AvgIpc) is 3.01. The Hall–Kier alpha value is -2.38. The first-order valence-electron chi connectivity index (χ1n) is 15.7. The van der Waals surface area contributed by atoms with Crippen molar-refractivity contribution in [3.05, 3.63) is 59.2 Å². The number of hydrogen-bond acceptors (Lipinski definition) is 5.